The Morgan fingerprint density at radius 2 is 2.50 bits per heavy atom. The number of hydrogen-bond acceptors (Lipinski definition) is 6. The van der Waals surface area contributed by atoms with E-state index in [1.165, 1.54) is 11.5 Å². The molecule has 1 rings (SSSR count). The SMILES string of the molecule is CC(CC(C)(N)CO)Sc1ncns1. The van der Waals surface area contributed by atoms with Crippen LogP contribution in [0.2, 0.25) is 0 Å². The minimum Gasteiger partial charge on any atom is -0.394 e. The molecule has 80 valence electrons. The van der Waals surface area contributed by atoms with Gasteiger partial charge in [-0.1, -0.05) is 18.7 Å². The van der Waals surface area contributed by atoms with E-state index in [9.17, 15) is 0 Å². The van der Waals surface area contributed by atoms with Crippen LogP contribution in [-0.2, 0) is 0 Å². The maximum atomic E-state index is 9.01. The fourth-order valence-electron chi connectivity index (χ4n) is 1.15. The van der Waals surface area contributed by atoms with Crippen LogP contribution < -0.4 is 5.73 Å². The molecule has 6 heteroatoms. The van der Waals surface area contributed by atoms with Gasteiger partial charge in [-0.05, 0) is 24.9 Å². The van der Waals surface area contributed by atoms with Gasteiger partial charge in [0.1, 0.15) is 6.33 Å². The van der Waals surface area contributed by atoms with Crippen molar-refractivity contribution >= 4 is 23.3 Å². The lowest BCUT2D eigenvalue weighted by Crippen LogP contribution is -2.42. The van der Waals surface area contributed by atoms with Crippen LogP contribution in [0.1, 0.15) is 20.3 Å². The Labute approximate surface area is 92.1 Å². The van der Waals surface area contributed by atoms with Crippen molar-refractivity contribution in [2.45, 2.75) is 35.4 Å². The summed E-state index contributed by atoms with van der Waals surface area (Å²) < 4.78 is 4.87. The van der Waals surface area contributed by atoms with Crippen molar-refractivity contribution in [3.8, 4) is 0 Å². The fraction of sp³-hybridized carbons (Fsp3) is 0.750. The molecule has 0 aromatic carbocycles. The molecule has 0 aliphatic rings. The molecule has 2 atom stereocenters. The van der Waals surface area contributed by atoms with Gasteiger partial charge in [0.2, 0.25) is 0 Å². The van der Waals surface area contributed by atoms with Gasteiger partial charge >= 0.3 is 0 Å². The monoisotopic (exact) mass is 233 g/mol. The quantitative estimate of drug-likeness (QED) is 0.746. The molecule has 2 unspecified atom stereocenters. The predicted octanol–water partition coefficient (Wildman–Crippen LogP) is 1.12. The average molecular weight is 233 g/mol. The van der Waals surface area contributed by atoms with Gasteiger partial charge in [-0.2, -0.15) is 4.37 Å². The average Bonchev–Trinajstić information content (AvgIpc) is 2.55. The maximum Gasteiger partial charge on any atom is 0.170 e. The molecule has 0 bridgehead atoms. The van der Waals surface area contributed by atoms with Gasteiger partial charge in [-0.3, -0.25) is 0 Å². The van der Waals surface area contributed by atoms with E-state index < -0.39 is 5.54 Å². The number of nitrogens with zero attached hydrogens (tertiary/aromatic N) is 2. The Kier molecular flexibility index (Phi) is 4.31. The topological polar surface area (TPSA) is 72.0 Å². The number of aliphatic hydroxyl groups excluding tert-OH is 1. The minimum atomic E-state index is -0.503. The Bertz CT molecular complexity index is 264. The van der Waals surface area contributed by atoms with Crippen LogP contribution in [0.15, 0.2) is 10.7 Å². The van der Waals surface area contributed by atoms with E-state index in [0.717, 1.165) is 10.8 Å². The van der Waals surface area contributed by atoms with Crippen molar-refractivity contribution in [3.63, 3.8) is 0 Å². The molecule has 0 saturated heterocycles. The molecule has 1 aromatic heterocycles. The second-order valence-corrected chi connectivity index (χ2v) is 6.12. The lowest BCUT2D eigenvalue weighted by atomic mass is 9.99. The first-order chi connectivity index (χ1) is 6.53. The lowest BCUT2D eigenvalue weighted by molar-refractivity contribution is 0.201. The van der Waals surface area contributed by atoms with Crippen LogP contribution in [0.5, 0.6) is 0 Å². The first-order valence-corrected chi connectivity index (χ1v) is 6.02. The first-order valence-electron chi connectivity index (χ1n) is 4.36. The summed E-state index contributed by atoms with van der Waals surface area (Å²) in [7, 11) is 0. The molecule has 4 nitrogen and oxygen atoms in total. The van der Waals surface area contributed by atoms with Gasteiger partial charge in [-0.25, -0.2) is 4.98 Å². The van der Waals surface area contributed by atoms with Crippen LogP contribution in [-0.4, -0.2) is 31.9 Å². The van der Waals surface area contributed by atoms with E-state index in [-0.39, 0.29) is 6.61 Å². The summed E-state index contributed by atoms with van der Waals surface area (Å²) in [6, 6.07) is 0. The molecular weight excluding hydrogens is 218 g/mol. The van der Waals surface area contributed by atoms with Gasteiger partial charge in [-0.15, -0.1) is 0 Å². The van der Waals surface area contributed by atoms with Crippen molar-refractivity contribution in [2.24, 2.45) is 5.73 Å². The van der Waals surface area contributed by atoms with Crippen LogP contribution >= 0.6 is 23.3 Å². The molecule has 0 saturated carbocycles. The van der Waals surface area contributed by atoms with Crippen LogP contribution in [0.25, 0.3) is 0 Å². The van der Waals surface area contributed by atoms with Gasteiger partial charge < -0.3 is 10.8 Å². The standard InChI is InChI=1S/C8H15N3OS2/c1-6(3-8(2,9)4-12)13-7-10-5-11-14-7/h5-6,12H,3-4,9H2,1-2H3. The molecule has 3 N–H and O–H groups in total. The number of thioether (sulfide) groups is 1. The van der Waals surface area contributed by atoms with E-state index in [1.807, 2.05) is 6.92 Å². The summed E-state index contributed by atoms with van der Waals surface area (Å²) in [4.78, 5) is 4.08. The van der Waals surface area contributed by atoms with Crippen molar-refractivity contribution in [1.29, 1.82) is 0 Å². The summed E-state index contributed by atoms with van der Waals surface area (Å²) in [6.07, 6.45) is 2.31. The molecular formula is C8H15N3OS2. The minimum absolute atomic E-state index is 0.00796. The van der Waals surface area contributed by atoms with Crippen LogP contribution in [0.4, 0.5) is 0 Å². The predicted molar refractivity (Wildman–Crippen MR) is 59.5 cm³/mol. The Morgan fingerprint density at radius 3 is 3.00 bits per heavy atom. The van der Waals surface area contributed by atoms with Crippen molar-refractivity contribution < 1.29 is 5.11 Å². The first kappa shape index (κ1) is 11.9. The van der Waals surface area contributed by atoms with Crippen LogP contribution in [0.3, 0.4) is 0 Å². The number of nitrogens with two attached hydrogens (primary N) is 1. The molecule has 0 aliphatic heterocycles. The number of aromatic nitrogens is 2. The molecule has 0 spiro atoms. The van der Waals surface area contributed by atoms with E-state index in [2.05, 4.69) is 16.3 Å². The highest BCUT2D eigenvalue weighted by Crippen LogP contribution is 2.28. The number of rotatable bonds is 5. The highest BCUT2D eigenvalue weighted by atomic mass is 32.2. The van der Waals surface area contributed by atoms with E-state index >= 15 is 0 Å². The fourth-order valence-corrected chi connectivity index (χ4v) is 3.14. The Hall–Kier alpha value is -0.170. The highest BCUT2D eigenvalue weighted by Gasteiger charge is 2.21. The number of aliphatic hydroxyl groups is 1. The van der Waals surface area contributed by atoms with E-state index in [0.29, 0.717) is 5.25 Å². The van der Waals surface area contributed by atoms with Gasteiger partial charge in [0.15, 0.2) is 4.34 Å². The number of hydrogen-bond donors (Lipinski definition) is 2. The summed E-state index contributed by atoms with van der Waals surface area (Å²) in [5.74, 6) is 0. The molecule has 0 radical (unpaired) electrons. The zero-order chi connectivity index (χ0) is 10.6. The van der Waals surface area contributed by atoms with Crippen molar-refractivity contribution in [3.05, 3.63) is 6.33 Å². The summed E-state index contributed by atoms with van der Waals surface area (Å²) >= 11 is 3.03. The summed E-state index contributed by atoms with van der Waals surface area (Å²) in [5.41, 5.74) is 5.35. The third kappa shape index (κ3) is 3.91. The molecule has 1 aromatic rings. The smallest absolute Gasteiger partial charge is 0.170 e. The molecule has 14 heavy (non-hydrogen) atoms. The summed E-state index contributed by atoms with van der Waals surface area (Å²) in [5, 5.41) is 9.35. The van der Waals surface area contributed by atoms with Gasteiger partial charge in [0, 0.05) is 10.8 Å². The summed E-state index contributed by atoms with van der Waals surface area (Å²) in [6.45, 7) is 3.94. The normalized spacial score (nSPS) is 17.7. The third-order valence-corrected chi connectivity index (χ3v) is 3.61. The largest absolute Gasteiger partial charge is 0.394 e. The second-order valence-electron chi connectivity index (χ2n) is 3.65. The zero-order valence-electron chi connectivity index (χ0n) is 8.30. The van der Waals surface area contributed by atoms with Crippen molar-refractivity contribution in [2.75, 3.05) is 6.61 Å². The van der Waals surface area contributed by atoms with Gasteiger partial charge in [0.25, 0.3) is 0 Å². The van der Waals surface area contributed by atoms with Crippen LogP contribution in [0, 0.1) is 0 Å². The van der Waals surface area contributed by atoms with Crippen molar-refractivity contribution in [1.82, 2.24) is 9.36 Å². The molecule has 0 amide bonds. The molecule has 0 aliphatic carbocycles. The highest BCUT2D eigenvalue weighted by molar-refractivity contribution is 8.01. The molecule has 1 heterocycles. The van der Waals surface area contributed by atoms with E-state index in [1.54, 1.807) is 18.1 Å². The Balaban J connectivity index is 2.40. The third-order valence-electron chi connectivity index (χ3n) is 1.76. The Morgan fingerprint density at radius 1 is 1.79 bits per heavy atom. The molecule has 0 fully saturated rings. The zero-order valence-corrected chi connectivity index (χ0v) is 9.94. The van der Waals surface area contributed by atoms with E-state index in [4.69, 9.17) is 10.8 Å². The maximum absolute atomic E-state index is 9.01. The lowest BCUT2D eigenvalue weighted by Gasteiger charge is -2.24. The van der Waals surface area contributed by atoms with Gasteiger partial charge in [0.05, 0.1) is 6.61 Å². The second kappa shape index (κ2) is 5.06.